The summed E-state index contributed by atoms with van der Waals surface area (Å²) in [7, 11) is 0. The summed E-state index contributed by atoms with van der Waals surface area (Å²) in [6.45, 7) is 1.49. The first kappa shape index (κ1) is 16.8. The maximum atomic E-state index is 12.3. The fourth-order valence-corrected chi connectivity index (χ4v) is 3.44. The average molecular weight is 331 g/mol. The summed E-state index contributed by atoms with van der Waals surface area (Å²) in [5.41, 5.74) is 5.42. The van der Waals surface area contributed by atoms with Crippen molar-refractivity contribution in [1.29, 1.82) is 0 Å². The topological polar surface area (TPSA) is 84.7 Å². The van der Waals surface area contributed by atoms with E-state index in [4.69, 9.17) is 10.5 Å². The molecular formula is C18H25N3O3. The second kappa shape index (κ2) is 7.21. The smallest absolute Gasteiger partial charge is 0.240 e. The van der Waals surface area contributed by atoms with Gasteiger partial charge in [0.2, 0.25) is 11.8 Å². The Labute approximate surface area is 142 Å². The molecule has 0 radical (unpaired) electrons. The molecular weight excluding hydrogens is 306 g/mol. The van der Waals surface area contributed by atoms with Crippen molar-refractivity contribution in [2.45, 2.75) is 43.7 Å². The van der Waals surface area contributed by atoms with Gasteiger partial charge in [-0.15, -0.1) is 0 Å². The zero-order chi connectivity index (χ0) is 17.0. The number of nitrogens with one attached hydrogen (secondary N) is 1. The summed E-state index contributed by atoms with van der Waals surface area (Å²) >= 11 is 0. The van der Waals surface area contributed by atoms with Crippen LogP contribution in [0.2, 0.25) is 0 Å². The maximum absolute atomic E-state index is 12.3. The van der Waals surface area contributed by atoms with E-state index in [2.05, 4.69) is 5.32 Å². The minimum Gasteiger partial charge on any atom is -0.492 e. The molecule has 2 aliphatic rings. The lowest BCUT2D eigenvalue weighted by molar-refractivity contribution is -0.128. The van der Waals surface area contributed by atoms with Gasteiger partial charge >= 0.3 is 0 Å². The van der Waals surface area contributed by atoms with Crippen LogP contribution >= 0.6 is 0 Å². The third kappa shape index (κ3) is 3.87. The van der Waals surface area contributed by atoms with Crippen LogP contribution in [0.15, 0.2) is 30.3 Å². The van der Waals surface area contributed by atoms with Crippen molar-refractivity contribution in [2.24, 2.45) is 5.73 Å². The van der Waals surface area contributed by atoms with Gasteiger partial charge in [-0.3, -0.25) is 9.59 Å². The number of amides is 2. The summed E-state index contributed by atoms with van der Waals surface area (Å²) < 4.78 is 5.63. The molecule has 3 N–H and O–H groups in total. The second-order valence-corrected chi connectivity index (χ2v) is 6.74. The number of rotatable bonds is 6. The number of likely N-dealkylation sites (tertiary alicyclic amines) is 1. The molecule has 1 unspecified atom stereocenters. The molecule has 1 atom stereocenters. The second-order valence-electron chi connectivity index (χ2n) is 6.74. The monoisotopic (exact) mass is 331 g/mol. The van der Waals surface area contributed by atoms with Crippen LogP contribution in [-0.4, -0.2) is 48.0 Å². The maximum Gasteiger partial charge on any atom is 0.240 e. The van der Waals surface area contributed by atoms with Gasteiger partial charge < -0.3 is 20.7 Å². The Morgan fingerprint density at radius 3 is 2.71 bits per heavy atom. The molecule has 6 heteroatoms. The fraction of sp³-hybridized carbons (Fsp3) is 0.556. The SMILES string of the molecule is NC1(C(=O)NC2CC(=O)N(CCOc3ccccc3)C2)CCCC1. The highest BCUT2D eigenvalue weighted by atomic mass is 16.5. The van der Waals surface area contributed by atoms with Gasteiger partial charge in [0, 0.05) is 13.0 Å². The molecule has 3 rings (SSSR count). The van der Waals surface area contributed by atoms with E-state index < -0.39 is 5.54 Å². The molecule has 24 heavy (non-hydrogen) atoms. The van der Waals surface area contributed by atoms with E-state index in [0.717, 1.165) is 31.4 Å². The summed E-state index contributed by atoms with van der Waals surface area (Å²) in [6, 6.07) is 9.37. The third-order valence-electron chi connectivity index (χ3n) is 4.87. The lowest BCUT2D eigenvalue weighted by Gasteiger charge is -2.25. The number of carbonyl (C=O) groups excluding carboxylic acids is 2. The molecule has 1 heterocycles. The predicted molar refractivity (Wildman–Crippen MR) is 90.5 cm³/mol. The van der Waals surface area contributed by atoms with Crippen LogP contribution in [0, 0.1) is 0 Å². The molecule has 1 saturated carbocycles. The molecule has 1 aliphatic heterocycles. The molecule has 0 aromatic heterocycles. The van der Waals surface area contributed by atoms with E-state index in [-0.39, 0.29) is 17.9 Å². The molecule has 2 fully saturated rings. The Balaban J connectivity index is 1.44. The molecule has 1 saturated heterocycles. The van der Waals surface area contributed by atoms with Crippen LogP contribution in [0.25, 0.3) is 0 Å². The first-order valence-electron chi connectivity index (χ1n) is 8.62. The standard InChI is InChI=1S/C18H25N3O3/c19-18(8-4-5-9-18)17(23)20-14-12-16(22)21(13-14)10-11-24-15-6-2-1-3-7-15/h1-3,6-7,14H,4-5,8-13,19H2,(H,20,23). The Hall–Kier alpha value is -2.08. The van der Waals surface area contributed by atoms with Crippen LogP contribution in [0.1, 0.15) is 32.1 Å². The van der Waals surface area contributed by atoms with E-state index in [0.29, 0.717) is 26.1 Å². The van der Waals surface area contributed by atoms with Gasteiger partial charge in [-0.05, 0) is 25.0 Å². The van der Waals surface area contributed by atoms with Crippen molar-refractivity contribution in [3.05, 3.63) is 30.3 Å². The van der Waals surface area contributed by atoms with E-state index in [1.54, 1.807) is 4.90 Å². The molecule has 0 bridgehead atoms. The van der Waals surface area contributed by atoms with Crippen molar-refractivity contribution in [3.8, 4) is 5.75 Å². The average Bonchev–Trinajstić information content (AvgIpc) is 3.16. The number of benzene rings is 1. The van der Waals surface area contributed by atoms with Crippen LogP contribution in [0.5, 0.6) is 5.75 Å². The third-order valence-corrected chi connectivity index (χ3v) is 4.87. The van der Waals surface area contributed by atoms with Crippen molar-refractivity contribution in [2.75, 3.05) is 19.7 Å². The number of hydrogen-bond donors (Lipinski definition) is 2. The highest BCUT2D eigenvalue weighted by Gasteiger charge is 2.39. The lowest BCUT2D eigenvalue weighted by Crippen LogP contribution is -2.54. The number of para-hydroxylation sites is 1. The molecule has 6 nitrogen and oxygen atoms in total. The number of nitrogens with two attached hydrogens (primary N) is 1. The summed E-state index contributed by atoms with van der Waals surface area (Å²) in [6.07, 6.45) is 3.79. The van der Waals surface area contributed by atoms with Crippen LogP contribution in [-0.2, 0) is 9.59 Å². The molecule has 0 spiro atoms. The summed E-state index contributed by atoms with van der Waals surface area (Å²) in [4.78, 5) is 26.2. The Morgan fingerprint density at radius 2 is 2.00 bits per heavy atom. The van der Waals surface area contributed by atoms with Crippen molar-refractivity contribution in [3.63, 3.8) is 0 Å². The highest BCUT2D eigenvalue weighted by Crippen LogP contribution is 2.27. The fourth-order valence-electron chi connectivity index (χ4n) is 3.44. The largest absolute Gasteiger partial charge is 0.492 e. The quantitative estimate of drug-likeness (QED) is 0.816. The normalized spacial score (nSPS) is 22.6. The number of carbonyl (C=O) groups is 2. The van der Waals surface area contributed by atoms with Crippen LogP contribution < -0.4 is 15.8 Å². The van der Waals surface area contributed by atoms with Gasteiger partial charge in [0.25, 0.3) is 0 Å². The first-order chi connectivity index (χ1) is 11.6. The lowest BCUT2D eigenvalue weighted by atomic mass is 9.97. The van der Waals surface area contributed by atoms with E-state index in [9.17, 15) is 9.59 Å². The summed E-state index contributed by atoms with van der Waals surface area (Å²) in [5, 5.41) is 2.96. The molecule has 1 aliphatic carbocycles. The van der Waals surface area contributed by atoms with Gasteiger partial charge in [0.05, 0.1) is 18.1 Å². The van der Waals surface area contributed by atoms with Gasteiger partial charge in [-0.1, -0.05) is 31.0 Å². The van der Waals surface area contributed by atoms with Gasteiger partial charge in [-0.2, -0.15) is 0 Å². The zero-order valence-electron chi connectivity index (χ0n) is 13.9. The highest BCUT2D eigenvalue weighted by molar-refractivity contribution is 5.88. The van der Waals surface area contributed by atoms with Gasteiger partial charge in [-0.25, -0.2) is 0 Å². The van der Waals surface area contributed by atoms with Crippen molar-refractivity contribution < 1.29 is 14.3 Å². The van der Waals surface area contributed by atoms with Crippen LogP contribution in [0.4, 0.5) is 0 Å². The van der Waals surface area contributed by atoms with Crippen molar-refractivity contribution >= 4 is 11.8 Å². The van der Waals surface area contributed by atoms with Crippen LogP contribution in [0.3, 0.4) is 0 Å². The minimum atomic E-state index is -0.743. The van der Waals surface area contributed by atoms with E-state index in [1.807, 2.05) is 30.3 Å². The molecule has 2 amide bonds. The number of hydrogen-bond acceptors (Lipinski definition) is 4. The van der Waals surface area contributed by atoms with Gasteiger partial charge in [0.15, 0.2) is 0 Å². The first-order valence-corrected chi connectivity index (χ1v) is 8.62. The summed E-state index contributed by atoms with van der Waals surface area (Å²) in [5.74, 6) is 0.731. The minimum absolute atomic E-state index is 0.0504. The van der Waals surface area contributed by atoms with E-state index in [1.165, 1.54) is 0 Å². The molecule has 1 aromatic rings. The van der Waals surface area contributed by atoms with E-state index >= 15 is 0 Å². The van der Waals surface area contributed by atoms with Gasteiger partial charge in [0.1, 0.15) is 12.4 Å². The zero-order valence-corrected chi connectivity index (χ0v) is 13.9. The predicted octanol–water partition coefficient (Wildman–Crippen LogP) is 1.05. The number of nitrogens with zero attached hydrogens (tertiary/aromatic N) is 1. The Morgan fingerprint density at radius 1 is 1.29 bits per heavy atom. The Kier molecular flexibility index (Phi) is 5.04. The molecule has 1 aromatic carbocycles. The number of ether oxygens (including phenoxy) is 1. The van der Waals surface area contributed by atoms with Crippen molar-refractivity contribution in [1.82, 2.24) is 10.2 Å². The Bertz CT molecular complexity index is 584. The molecule has 130 valence electrons.